The molecule has 2 aromatic carbocycles. The minimum Gasteiger partial charge on any atom is -0.488 e. The van der Waals surface area contributed by atoms with E-state index in [0.717, 1.165) is 25.7 Å². The number of amides is 1. The molecular formula is C32H43ClFN3O5. The van der Waals surface area contributed by atoms with E-state index < -0.39 is 35.6 Å². The molecule has 0 bridgehead atoms. The first kappa shape index (κ1) is 31.9. The Morgan fingerprint density at radius 2 is 1.71 bits per heavy atom. The van der Waals surface area contributed by atoms with E-state index in [0.29, 0.717) is 5.69 Å². The van der Waals surface area contributed by atoms with Crippen molar-refractivity contribution in [3.05, 3.63) is 58.9 Å². The van der Waals surface area contributed by atoms with Gasteiger partial charge in [-0.3, -0.25) is 9.80 Å². The largest absolute Gasteiger partial charge is 0.488 e. The first-order valence-electron chi connectivity index (χ1n) is 14.4. The second kappa shape index (κ2) is 12.7. The lowest BCUT2D eigenvalue weighted by atomic mass is 9.73. The molecule has 0 spiro atoms. The second-order valence-corrected chi connectivity index (χ2v) is 12.9. The molecule has 0 N–H and O–H groups in total. The quantitative estimate of drug-likeness (QED) is 0.347. The summed E-state index contributed by atoms with van der Waals surface area (Å²) in [4.78, 5) is 31.0. The zero-order valence-electron chi connectivity index (χ0n) is 25.7. The number of rotatable bonds is 7. The fourth-order valence-corrected chi connectivity index (χ4v) is 6.48. The summed E-state index contributed by atoms with van der Waals surface area (Å²) >= 11 is 6.50. The number of halogens is 2. The van der Waals surface area contributed by atoms with Crippen LogP contribution < -0.4 is 9.64 Å². The minimum atomic E-state index is -0.863. The van der Waals surface area contributed by atoms with E-state index in [-0.39, 0.29) is 35.3 Å². The summed E-state index contributed by atoms with van der Waals surface area (Å²) < 4.78 is 31.7. The molecule has 10 heteroatoms. The van der Waals surface area contributed by atoms with Gasteiger partial charge in [0.15, 0.2) is 0 Å². The number of likely N-dealkylation sites (tertiary alicyclic amines) is 1. The van der Waals surface area contributed by atoms with Crippen LogP contribution in [0.15, 0.2) is 42.5 Å². The predicted octanol–water partition coefficient (Wildman–Crippen LogP) is 6.24. The van der Waals surface area contributed by atoms with Crippen molar-refractivity contribution in [2.75, 3.05) is 39.7 Å². The first-order valence-corrected chi connectivity index (χ1v) is 14.8. The maximum atomic E-state index is 15.1. The van der Waals surface area contributed by atoms with Crippen LogP contribution in [0.4, 0.5) is 14.9 Å². The van der Waals surface area contributed by atoms with E-state index in [1.807, 2.05) is 18.0 Å². The molecule has 2 fully saturated rings. The van der Waals surface area contributed by atoms with Crippen LogP contribution in [0.5, 0.6) is 5.75 Å². The highest BCUT2D eigenvalue weighted by Gasteiger charge is 2.44. The van der Waals surface area contributed by atoms with Crippen LogP contribution in [-0.2, 0) is 19.8 Å². The Hall–Kier alpha value is -3.04. The normalized spacial score (nSPS) is 24.4. The van der Waals surface area contributed by atoms with Crippen molar-refractivity contribution in [3.8, 4) is 5.75 Å². The fraction of sp³-hybridized carbons (Fsp3) is 0.562. The molecule has 1 heterocycles. The third kappa shape index (κ3) is 6.78. The maximum absolute atomic E-state index is 15.1. The summed E-state index contributed by atoms with van der Waals surface area (Å²) in [6.07, 6.45) is 2.70. The number of benzene rings is 2. The van der Waals surface area contributed by atoms with Crippen LogP contribution >= 0.6 is 11.6 Å². The zero-order valence-corrected chi connectivity index (χ0v) is 26.4. The van der Waals surface area contributed by atoms with Gasteiger partial charge in [-0.25, -0.2) is 14.0 Å². The maximum Gasteiger partial charge on any atom is 0.411 e. The molecule has 1 aliphatic carbocycles. The number of nitrogens with zero attached hydrogens (tertiary/aromatic N) is 3. The highest BCUT2D eigenvalue weighted by molar-refractivity contribution is 6.33. The van der Waals surface area contributed by atoms with Gasteiger partial charge in [0.1, 0.15) is 29.3 Å². The number of carbonyl (C=O) groups is 2. The van der Waals surface area contributed by atoms with E-state index in [2.05, 4.69) is 43.3 Å². The standard InChI is InChI=1S/C32H43ClFN3O5/c1-31(2,3)42-30(39)37-20-24(19-27(37)29(38)40-7)41-23-17-25(34)28(33)26(18-23)36(6)22-13-15-32(16-14-22,35(4)5)21-11-9-8-10-12-21/h8-12,17-18,22,24,27H,13-16,19-20H2,1-7H3/t22-,24-,27-,32-/m0/s1. The van der Waals surface area contributed by atoms with Crippen LogP contribution in [0.3, 0.4) is 0 Å². The molecule has 0 unspecified atom stereocenters. The molecule has 8 nitrogen and oxygen atoms in total. The molecule has 42 heavy (non-hydrogen) atoms. The Bertz CT molecular complexity index is 1260. The molecule has 2 aromatic rings. The van der Waals surface area contributed by atoms with Crippen molar-refractivity contribution < 1.29 is 28.2 Å². The van der Waals surface area contributed by atoms with Crippen molar-refractivity contribution in [2.24, 2.45) is 0 Å². The number of ether oxygens (including phenoxy) is 3. The number of methoxy groups -OCH3 is 1. The minimum absolute atomic E-state index is 0.0339. The number of hydrogen-bond acceptors (Lipinski definition) is 7. The average Bonchev–Trinajstić information content (AvgIpc) is 3.37. The molecule has 2 atom stereocenters. The van der Waals surface area contributed by atoms with E-state index in [9.17, 15) is 9.59 Å². The van der Waals surface area contributed by atoms with Gasteiger partial charge in [-0.15, -0.1) is 0 Å². The third-order valence-corrected chi connectivity index (χ3v) is 8.90. The summed E-state index contributed by atoms with van der Waals surface area (Å²) in [5.74, 6) is -0.873. The number of hydrogen-bond donors (Lipinski definition) is 0. The molecule has 0 radical (unpaired) electrons. The van der Waals surface area contributed by atoms with Crippen molar-refractivity contribution in [1.82, 2.24) is 9.80 Å². The third-order valence-electron chi connectivity index (χ3n) is 8.53. The molecule has 1 saturated carbocycles. The number of carbonyl (C=O) groups excluding carboxylic acids is 2. The van der Waals surface area contributed by atoms with Gasteiger partial charge in [0.2, 0.25) is 0 Å². The van der Waals surface area contributed by atoms with Crippen LogP contribution in [0.1, 0.15) is 58.4 Å². The molecule has 4 rings (SSSR count). The average molecular weight is 604 g/mol. The smallest absolute Gasteiger partial charge is 0.411 e. The summed E-state index contributed by atoms with van der Waals surface area (Å²) in [6, 6.07) is 12.9. The lowest BCUT2D eigenvalue weighted by Crippen LogP contribution is -2.48. The van der Waals surface area contributed by atoms with Gasteiger partial charge in [-0.1, -0.05) is 41.9 Å². The van der Waals surface area contributed by atoms with Crippen molar-refractivity contribution >= 4 is 29.4 Å². The molecule has 1 saturated heterocycles. The molecule has 1 aliphatic heterocycles. The van der Waals surface area contributed by atoms with Gasteiger partial charge < -0.3 is 19.1 Å². The Labute approximate surface area is 253 Å². The number of esters is 1. The summed E-state index contributed by atoms with van der Waals surface area (Å²) in [7, 11) is 7.46. The summed E-state index contributed by atoms with van der Waals surface area (Å²) in [6.45, 7) is 5.36. The monoisotopic (exact) mass is 603 g/mol. The van der Waals surface area contributed by atoms with Gasteiger partial charge >= 0.3 is 12.1 Å². The predicted molar refractivity (Wildman–Crippen MR) is 162 cm³/mol. The Morgan fingerprint density at radius 3 is 2.29 bits per heavy atom. The van der Waals surface area contributed by atoms with Crippen LogP contribution in [0.25, 0.3) is 0 Å². The second-order valence-electron chi connectivity index (χ2n) is 12.5. The molecule has 230 valence electrons. The van der Waals surface area contributed by atoms with Gasteiger partial charge in [0.25, 0.3) is 0 Å². The highest BCUT2D eigenvalue weighted by Crippen LogP contribution is 2.44. The molecule has 1 amide bonds. The molecule has 2 aliphatic rings. The Balaban J connectivity index is 1.50. The first-order chi connectivity index (χ1) is 19.8. The topological polar surface area (TPSA) is 71.6 Å². The van der Waals surface area contributed by atoms with E-state index in [1.165, 1.54) is 23.6 Å². The van der Waals surface area contributed by atoms with Crippen molar-refractivity contribution in [3.63, 3.8) is 0 Å². The van der Waals surface area contributed by atoms with Crippen LogP contribution in [0, 0.1) is 5.82 Å². The highest BCUT2D eigenvalue weighted by atomic mass is 35.5. The van der Waals surface area contributed by atoms with Gasteiger partial charge in [0.05, 0.1) is 24.4 Å². The van der Waals surface area contributed by atoms with E-state index in [4.69, 9.17) is 25.8 Å². The van der Waals surface area contributed by atoms with Crippen LogP contribution in [-0.4, -0.2) is 80.4 Å². The lowest BCUT2D eigenvalue weighted by molar-refractivity contribution is -0.145. The Morgan fingerprint density at radius 1 is 1.07 bits per heavy atom. The Kier molecular flexibility index (Phi) is 9.62. The van der Waals surface area contributed by atoms with Crippen molar-refractivity contribution in [1.29, 1.82) is 0 Å². The van der Waals surface area contributed by atoms with Gasteiger partial charge in [-0.2, -0.15) is 0 Å². The summed E-state index contributed by atoms with van der Waals surface area (Å²) in [5.41, 5.74) is 1.05. The summed E-state index contributed by atoms with van der Waals surface area (Å²) in [5, 5.41) is 0.0339. The van der Waals surface area contributed by atoms with Gasteiger partial charge in [-0.05, 0) is 66.1 Å². The van der Waals surface area contributed by atoms with Crippen LogP contribution in [0.2, 0.25) is 5.02 Å². The van der Waals surface area contributed by atoms with E-state index >= 15 is 4.39 Å². The number of anilines is 1. The van der Waals surface area contributed by atoms with Gasteiger partial charge in [0, 0.05) is 37.2 Å². The molecular weight excluding hydrogens is 561 g/mol. The van der Waals surface area contributed by atoms with E-state index in [1.54, 1.807) is 26.8 Å². The zero-order chi connectivity index (χ0) is 30.8. The SMILES string of the molecule is COC(=O)[C@@H]1C[C@H](Oc2cc(F)c(Cl)c(N(C)[C@H]3CC[C@](c4ccccc4)(N(C)C)CC3)c2)CN1C(=O)OC(C)(C)C. The van der Waals surface area contributed by atoms with Crippen molar-refractivity contribution in [2.45, 2.75) is 82.2 Å². The lowest BCUT2D eigenvalue weighted by Gasteiger charge is -2.47. The fourth-order valence-electron chi connectivity index (χ4n) is 6.24. The molecule has 0 aromatic heterocycles.